The normalized spacial score (nSPS) is 22.2. The van der Waals surface area contributed by atoms with E-state index < -0.39 is 0 Å². The highest BCUT2D eigenvalue weighted by molar-refractivity contribution is 14.1. The minimum atomic E-state index is -0.323. The van der Waals surface area contributed by atoms with Gasteiger partial charge in [0, 0.05) is 15.7 Å². The lowest BCUT2D eigenvalue weighted by atomic mass is 9.87. The maximum Gasteiger partial charge on any atom is 0.255 e. The first kappa shape index (κ1) is 23.1. The summed E-state index contributed by atoms with van der Waals surface area (Å²) in [6.45, 7) is 0. The lowest BCUT2D eigenvalue weighted by Crippen LogP contribution is -2.58. The first-order valence-corrected chi connectivity index (χ1v) is 13.6. The smallest absolute Gasteiger partial charge is 0.255 e. The minimum Gasteiger partial charge on any atom is -0.352 e. The van der Waals surface area contributed by atoms with E-state index in [0.717, 1.165) is 60.5 Å². The van der Waals surface area contributed by atoms with Crippen molar-refractivity contribution in [1.29, 1.82) is 0 Å². The van der Waals surface area contributed by atoms with Gasteiger partial charge >= 0.3 is 0 Å². The third-order valence-corrected chi connectivity index (χ3v) is 8.61. The van der Waals surface area contributed by atoms with Gasteiger partial charge in [-0.05, 0) is 79.2 Å². The first-order valence-electron chi connectivity index (χ1n) is 12.5. The van der Waals surface area contributed by atoms with Gasteiger partial charge in [-0.3, -0.25) is 9.59 Å². The topological polar surface area (TPSA) is 49.4 Å². The SMILES string of the molecule is O=C(NC1CCCCC1)C(C1CCCC1)N(C(=O)c1ccccc1I)C1CCCCC1. The Kier molecular flexibility index (Phi) is 8.30. The molecule has 1 unspecified atom stereocenters. The second kappa shape index (κ2) is 11.2. The number of halogens is 1. The molecule has 0 aromatic heterocycles. The molecule has 0 bridgehead atoms. The molecule has 5 heteroatoms. The van der Waals surface area contributed by atoms with E-state index in [-0.39, 0.29) is 35.9 Å². The molecule has 0 spiro atoms. The molecule has 0 saturated heterocycles. The number of hydrogen-bond donors (Lipinski definition) is 1. The lowest BCUT2D eigenvalue weighted by molar-refractivity contribution is -0.129. The van der Waals surface area contributed by atoms with E-state index in [2.05, 4.69) is 32.8 Å². The molecule has 4 nitrogen and oxygen atoms in total. The van der Waals surface area contributed by atoms with Crippen LogP contribution in [0, 0.1) is 9.49 Å². The molecule has 2 amide bonds. The van der Waals surface area contributed by atoms with Crippen molar-refractivity contribution >= 4 is 34.4 Å². The highest BCUT2D eigenvalue weighted by Gasteiger charge is 2.42. The molecular weight excluding hydrogens is 499 g/mol. The van der Waals surface area contributed by atoms with Crippen LogP contribution in [-0.2, 0) is 4.79 Å². The van der Waals surface area contributed by atoms with E-state index in [9.17, 15) is 9.59 Å². The molecule has 1 aromatic carbocycles. The number of amides is 2. The van der Waals surface area contributed by atoms with Gasteiger partial charge in [-0.2, -0.15) is 0 Å². The van der Waals surface area contributed by atoms with E-state index in [1.54, 1.807) is 0 Å². The zero-order valence-corrected chi connectivity index (χ0v) is 20.8. The monoisotopic (exact) mass is 536 g/mol. The van der Waals surface area contributed by atoms with Gasteiger partial charge in [-0.1, -0.05) is 63.5 Å². The zero-order chi connectivity index (χ0) is 21.6. The summed E-state index contributed by atoms with van der Waals surface area (Å²) in [4.78, 5) is 29.9. The van der Waals surface area contributed by atoms with E-state index in [0.29, 0.717) is 0 Å². The van der Waals surface area contributed by atoms with Crippen molar-refractivity contribution in [3.05, 3.63) is 33.4 Å². The largest absolute Gasteiger partial charge is 0.352 e. The standard InChI is InChI=1S/C26H37IN2O2/c27-23-18-10-9-17-22(23)26(31)29(21-15-5-2-6-16-21)24(19-11-7-8-12-19)25(30)28-20-13-3-1-4-14-20/h9-10,17-21,24H,1-8,11-16H2,(H,28,30). The van der Waals surface area contributed by atoms with Crippen LogP contribution >= 0.6 is 22.6 Å². The van der Waals surface area contributed by atoms with Crippen LogP contribution < -0.4 is 5.32 Å². The number of carbonyl (C=O) groups is 2. The maximum atomic E-state index is 14.0. The van der Waals surface area contributed by atoms with Gasteiger partial charge in [0.2, 0.25) is 5.91 Å². The van der Waals surface area contributed by atoms with Gasteiger partial charge in [-0.15, -0.1) is 0 Å². The third-order valence-electron chi connectivity index (χ3n) is 7.67. The molecule has 3 saturated carbocycles. The summed E-state index contributed by atoms with van der Waals surface area (Å²) in [5.74, 6) is 0.465. The van der Waals surface area contributed by atoms with Crippen molar-refractivity contribution in [2.75, 3.05) is 0 Å². The maximum absolute atomic E-state index is 14.0. The summed E-state index contributed by atoms with van der Waals surface area (Å²) in [6, 6.07) is 8.00. The number of hydrogen-bond acceptors (Lipinski definition) is 2. The van der Waals surface area contributed by atoms with Crippen LogP contribution in [0.15, 0.2) is 24.3 Å². The second-order valence-electron chi connectivity index (χ2n) is 9.82. The van der Waals surface area contributed by atoms with Crippen molar-refractivity contribution in [2.24, 2.45) is 5.92 Å². The Morgan fingerprint density at radius 3 is 2.06 bits per heavy atom. The molecule has 4 rings (SSSR count). The predicted octanol–water partition coefficient (Wildman–Crippen LogP) is 6.07. The molecule has 3 aliphatic carbocycles. The number of benzene rings is 1. The Balaban J connectivity index is 1.65. The summed E-state index contributed by atoms with van der Waals surface area (Å²) in [7, 11) is 0. The summed E-state index contributed by atoms with van der Waals surface area (Å²) in [5.41, 5.74) is 0.752. The fourth-order valence-electron chi connectivity index (χ4n) is 6.03. The van der Waals surface area contributed by atoms with Crippen molar-refractivity contribution < 1.29 is 9.59 Å². The first-order chi connectivity index (χ1) is 15.1. The number of rotatable bonds is 6. The van der Waals surface area contributed by atoms with Crippen LogP contribution in [0.3, 0.4) is 0 Å². The average Bonchev–Trinajstić information content (AvgIpc) is 3.33. The molecule has 31 heavy (non-hydrogen) atoms. The van der Waals surface area contributed by atoms with Gasteiger partial charge in [0.25, 0.3) is 5.91 Å². The quantitative estimate of drug-likeness (QED) is 0.449. The van der Waals surface area contributed by atoms with Gasteiger partial charge < -0.3 is 10.2 Å². The van der Waals surface area contributed by atoms with Gasteiger partial charge in [0.05, 0.1) is 5.56 Å². The van der Waals surface area contributed by atoms with Gasteiger partial charge in [-0.25, -0.2) is 0 Å². The Bertz CT molecular complexity index is 750. The van der Waals surface area contributed by atoms with Crippen molar-refractivity contribution in [2.45, 2.75) is 108 Å². The minimum absolute atomic E-state index is 0.0626. The Morgan fingerprint density at radius 2 is 1.42 bits per heavy atom. The summed E-state index contributed by atoms with van der Waals surface area (Å²) < 4.78 is 0.976. The predicted molar refractivity (Wildman–Crippen MR) is 133 cm³/mol. The van der Waals surface area contributed by atoms with Crippen LogP contribution in [0.4, 0.5) is 0 Å². The molecule has 0 radical (unpaired) electrons. The number of carbonyl (C=O) groups excluding carboxylic acids is 2. The Hall–Kier alpha value is -1.11. The van der Waals surface area contributed by atoms with E-state index in [1.807, 2.05) is 24.3 Å². The van der Waals surface area contributed by atoms with Crippen LogP contribution in [0.25, 0.3) is 0 Å². The van der Waals surface area contributed by atoms with Gasteiger partial charge in [0.15, 0.2) is 0 Å². The summed E-state index contributed by atoms with van der Waals surface area (Å²) in [5, 5.41) is 3.40. The fraction of sp³-hybridized carbons (Fsp3) is 0.692. The van der Waals surface area contributed by atoms with Crippen LogP contribution in [0.2, 0.25) is 0 Å². The second-order valence-corrected chi connectivity index (χ2v) is 11.0. The molecule has 0 aliphatic heterocycles. The zero-order valence-electron chi connectivity index (χ0n) is 18.7. The van der Waals surface area contributed by atoms with Crippen molar-refractivity contribution in [1.82, 2.24) is 10.2 Å². The lowest BCUT2D eigenvalue weighted by Gasteiger charge is -2.42. The highest BCUT2D eigenvalue weighted by Crippen LogP contribution is 2.36. The number of nitrogens with one attached hydrogen (secondary N) is 1. The number of nitrogens with zero attached hydrogens (tertiary/aromatic N) is 1. The fourth-order valence-corrected chi connectivity index (χ4v) is 6.64. The molecule has 3 fully saturated rings. The molecular formula is C26H37IN2O2. The Labute approximate surface area is 201 Å². The van der Waals surface area contributed by atoms with Crippen LogP contribution in [0.1, 0.15) is 100 Å². The molecule has 0 heterocycles. The molecule has 3 aliphatic rings. The Morgan fingerprint density at radius 1 is 0.839 bits per heavy atom. The van der Waals surface area contributed by atoms with Crippen LogP contribution in [-0.4, -0.2) is 34.8 Å². The summed E-state index contributed by atoms with van der Waals surface area (Å²) in [6.07, 6.45) is 15.9. The molecule has 170 valence electrons. The van der Waals surface area contributed by atoms with E-state index in [4.69, 9.17) is 0 Å². The third kappa shape index (κ3) is 5.63. The van der Waals surface area contributed by atoms with E-state index in [1.165, 1.54) is 38.5 Å². The van der Waals surface area contributed by atoms with Crippen molar-refractivity contribution in [3.8, 4) is 0 Å². The molecule has 1 N–H and O–H groups in total. The van der Waals surface area contributed by atoms with Gasteiger partial charge in [0.1, 0.15) is 6.04 Å². The van der Waals surface area contributed by atoms with Crippen LogP contribution in [0.5, 0.6) is 0 Å². The molecule has 1 aromatic rings. The van der Waals surface area contributed by atoms with E-state index >= 15 is 0 Å². The average molecular weight is 536 g/mol. The highest BCUT2D eigenvalue weighted by atomic mass is 127. The van der Waals surface area contributed by atoms with Crippen molar-refractivity contribution in [3.63, 3.8) is 0 Å². The molecule has 1 atom stereocenters. The summed E-state index contributed by atoms with van der Waals surface area (Å²) >= 11 is 2.27.